The summed E-state index contributed by atoms with van der Waals surface area (Å²) in [7, 11) is 0. The maximum atomic E-state index is 5.82. The zero-order valence-electron chi connectivity index (χ0n) is 21.9. The van der Waals surface area contributed by atoms with Gasteiger partial charge in [-0.2, -0.15) is 15.0 Å². The maximum absolute atomic E-state index is 5.82. The minimum atomic E-state index is -0.00793. The SMILES string of the molecule is CCCCCCCCCCCCCCCCCc1nccn1C(CCC)c1nc(N)nc(N)n1. The first kappa shape index (κ1) is 28.1. The molecule has 2 rings (SSSR count). The van der Waals surface area contributed by atoms with Crippen molar-refractivity contribution in [3.63, 3.8) is 0 Å². The van der Waals surface area contributed by atoms with E-state index in [0.29, 0.717) is 5.82 Å². The van der Waals surface area contributed by atoms with E-state index in [1.807, 2.05) is 12.4 Å². The molecule has 34 heavy (non-hydrogen) atoms. The number of nitrogens with two attached hydrogens (primary N) is 2. The standard InChI is InChI=1S/C27H49N7/c1-3-5-6-7-8-9-10-11-12-13-14-15-16-17-18-20-24-30-21-22-34(24)23(19-4-2)25-31-26(28)33-27(29)32-25/h21-23H,3-20H2,1-2H3,(H4,28,29,31,32,33). The first-order chi connectivity index (χ1) is 16.7. The molecule has 4 N–H and O–H groups in total. The summed E-state index contributed by atoms with van der Waals surface area (Å²) in [6.45, 7) is 4.44. The van der Waals surface area contributed by atoms with E-state index in [1.54, 1.807) is 0 Å². The fourth-order valence-electron chi connectivity index (χ4n) is 4.72. The number of aromatic nitrogens is 5. The van der Waals surface area contributed by atoms with E-state index >= 15 is 0 Å². The van der Waals surface area contributed by atoms with Crippen LogP contribution < -0.4 is 11.5 Å². The third kappa shape index (κ3) is 10.8. The highest BCUT2D eigenvalue weighted by Gasteiger charge is 2.20. The molecule has 0 saturated carbocycles. The number of imidazole rings is 1. The average Bonchev–Trinajstić information content (AvgIpc) is 3.27. The van der Waals surface area contributed by atoms with Crippen molar-refractivity contribution in [2.45, 2.75) is 135 Å². The van der Waals surface area contributed by atoms with E-state index in [0.717, 1.165) is 31.5 Å². The number of nitrogens with zero attached hydrogens (tertiary/aromatic N) is 5. The van der Waals surface area contributed by atoms with E-state index < -0.39 is 0 Å². The summed E-state index contributed by atoms with van der Waals surface area (Å²) in [5.74, 6) is 2.06. The van der Waals surface area contributed by atoms with Crippen molar-refractivity contribution < 1.29 is 0 Å². The van der Waals surface area contributed by atoms with Gasteiger partial charge in [-0.1, -0.05) is 110 Å². The summed E-state index contributed by atoms with van der Waals surface area (Å²) in [5.41, 5.74) is 11.6. The van der Waals surface area contributed by atoms with Gasteiger partial charge in [0.25, 0.3) is 0 Å². The Morgan fingerprint density at radius 2 is 1.18 bits per heavy atom. The average molecular weight is 472 g/mol. The zero-order chi connectivity index (χ0) is 24.4. The predicted octanol–water partition coefficient (Wildman–Crippen LogP) is 7.04. The van der Waals surface area contributed by atoms with Crippen LogP contribution in [0.2, 0.25) is 0 Å². The van der Waals surface area contributed by atoms with Gasteiger partial charge in [-0.15, -0.1) is 0 Å². The van der Waals surface area contributed by atoms with Crippen molar-refractivity contribution in [1.29, 1.82) is 0 Å². The predicted molar refractivity (Wildman–Crippen MR) is 143 cm³/mol. The lowest BCUT2D eigenvalue weighted by molar-refractivity contribution is 0.480. The molecule has 192 valence electrons. The third-order valence-corrected chi connectivity index (χ3v) is 6.64. The van der Waals surface area contributed by atoms with Gasteiger partial charge in [0.05, 0.1) is 6.04 Å². The molecule has 7 nitrogen and oxygen atoms in total. The summed E-state index contributed by atoms with van der Waals surface area (Å²) in [6, 6.07) is -0.00793. The van der Waals surface area contributed by atoms with Crippen LogP contribution in [0.5, 0.6) is 0 Å². The molecule has 0 bridgehead atoms. The molecule has 2 aromatic rings. The normalized spacial score (nSPS) is 12.3. The van der Waals surface area contributed by atoms with Gasteiger partial charge >= 0.3 is 0 Å². The molecule has 0 fully saturated rings. The van der Waals surface area contributed by atoms with Crippen molar-refractivity contribution in [1.82, 2.24) is 24.5 Å². The third-order valence-electron chi connectivity index (χ3n) is 6.64. The second-order valence-electron chi connectivity index (χ2n) is 9.66. The molecule has 0 aliphatic rings. The molecule has 0 saturated heterocycles. The van der Waals surface area contributed by atoms with Crippen molar-refractivity contribution in [2.24, 2.45) is 0 Å². The molecule has 2 aromatic heterocycles. The molecule has 1 atom stereocenters. The molecular formula is C27H49N7. The largest absolute Gasteiger partial charge is 0.368 e. The first-order valence-corrected chi connectivity index (χ1v) is 13.9. The van der Waals surface area contributed by atoms with Gasteiger partial charge in [-0.05, 0) is 12.8 Å². The van der Waals surface area contributed by atoms with Crippen LogP contribution in [0.15, 0.2) is 12.4 Å². The van der Waals surface area contributed by atoms with Gasteiger partial charge in [-0.3, -0.25) is 0 Å². The van der Waals surface area contributed by atoms with E-state index in [1.165, 1.54) is 89.9 Å². The number of unbranched alkanes of at least 4 members (excludes halogenated alkanes) is 14. The Balaban J connectivity index is 1.60. The summed E-state index contributed by atoms with van der Waals surface area (Å²) >= 11 is 0. The van der Waals surface area contributed by atoms with Crippen molar-refractivity contribution in [2.75, 3.05) is 11.5 Å². The van der Waals surface area contributed by atoms with E-state index in [2.05, 4.69) is 38.4 Å². The topological polar surface area (TPSA) is 109 Å². The van der Waals surface area contributed by atoms with Gasteiger partial charge in [0, 0.05) is 18.8 Å². The molecule has 0 radical (unpaired) electrons. The molecule has 1 unspecified atom stereocenters. The van der Waals surface area contributed by atoms with Gasteiger partial charge in [0.1, 0.15) is 5.82 Å². The van der Waals surface area contributed by atoms with Crippen LogP contribution in [-0.4, -0.2) is 24.5 Å². The van der Waals surface area contributed by atoms with Crippen LogP contribution in [0.4, 0.5) is 11.9 Å². The Bertz CT molecular complexity index is 754. The van der Waals surface area contributed by atoms with Crippen LogP contribution in [0.1, 0.15) is 141 Å². The molecule has 0 aliphatic carbocycles. The van der Waals surface area contributed by atoms with E-state index in [-0.39, 0.29) is 17.9 Å². The van der Waals surface area contributed by atoms with Crippen LogP contribution in [0.3, 0.4) is 0 Å². The molecule has 0 aromatic carbocycles. The van der Waals surface area contributed by atoms with Gasteiger partial charge < -0.3 is 16.0 Å². The summed E-state index contributed by atoms with van der Waals surface area (Å²) in [6.07, 6.45) is 27.4. The van der Waals surface area contributed by atoms with Gasteiger partial charge in [0.15, 0.2) is 5.82 Å². The minimum Gasteiger partial charge on any atom is -0.368 e. The molecule has 0 amide bonds. The smallest absolute Gasteiger partial charge is 0.225 e. The molecule has 0 spiro atoms. The van der Waals surface area contributed by atoms with Crippen molar-refractivity contribution >= 4 is 11.9 Å². The number of anilines is 2. The molecule has 0 aliphatic heterocycles. The van der Waals surface area contributed by atoms with Crippen LogP contribution in [0, 0.1) is 0 Å². The lowest BCUT2D eigenvalue weighted by Gasteiger charge is -2.19. The maximum Gasteiger partial charge on any atom is 0.225 e. The molecular weight excluding hydrogens is 422 g/mol. The number of rotatable bonds is 20. The highest BCUT2D eigenvalue weighted by atomic mass is 15.2. The monoisotopic (exact) mass is 471 g/mol. The summed E-state index contributed by atoms with van der Waals surface area (Å²) in [4.78, 5) is 17.2. The number of aryl methyl sites for hydroxylation is 1. The van der Waals surface area contributed by atoms with Gasteiger partial charge in [-0.25, -0.2) is 4.98 Å². The van der Waals surface area contributed by atoms with Crippen LogP contribution in [-0.2, 0) is 6.42 Å². The minimum absolute atomic E-state index is 0.00793. The fourth-order valence-corrected chi connectivity index (χ4v) is 4.72. The Kier molecular flexibility index (Phi) is 14.3. The lowest BCUT2D eigenvalue weighted by atomic mass is 10.0. The van der Waals surface area contributed by atoms with Crippen LogP contribution >= 0.6 is 0 Å². The van der Waals surface area contributed by atoms with E-state index in [4.69, 9.17) is 11.5 Å². The summed E-state index contributed by atoms with van der Waals surface area (Å²) < 4.78 is 2.20. The van der Waals surface area contributed by atoms with Crippen molar-refractivity contribution in [3.05, 3.63) is 24.0 Å². The number of hydrogen-bond donors (Lipinski definition) is 2. The second kappa shape index (κ2) is 17.3. The zero-order valence-corrected chi connectivity index (χ0v) is 21.9. The molecule has 7 heteroatoms. The van der Waals surface area contributed by atoms with Gasteiger partial charge in [0.2, 0.25) is 11.9 Å². The quantitative estimate of drug-likeness (QED) is 0.200. The highest BCUT2D eigenvalue weighted by molar-refractivity contribution is 5.27. The summed E-state index contributed by atoms with van der Waals surface area (Å²) in [5, 5.41) is 0. The Morgan fingerprint density at radius 1 is 0.676 bits per heavy atom. The number of hydrogen-bond acceptors (Lipinski definition) is 6. The Hall–Kier alpha value is -2.18. The Labute approximate surface area is 207 Å². The molecule has 2 heterocycles. The van der Waals surface area contributed by atoms with Crippen LogP contribution in [0.25, 0.3) is 0 Å². The lowest BCUT2D eigenvalue weighted by Crippen LogP contribution is -2.18. The first-order valence-electron chi connectivity index (χ1n) is 13.9. The highest BCUT2D eigenvalue weighted by Crippen LogP contribution is 2.24. The fraction of sp³-hybridized carbons (Fsp3) is 0.778. The Morgan fingerprint density at radius 3 is 1.68 bits per heavy atom. The second-order valence-corrected chi connectivity index (χ2v) is 9.66. The van der Waals surface area contributed by atoms with Crippen molar-refractivity contribution in [3.8, 4) is 0 Å². The van der Waals surface area contributed by atoms with E-state index in [9.17, 15) is 0 Å². The number of nitrogen functional groups attached to an aromatic ring is 2.